The fraction of sp³-hybridized carbons (Fsp3) is 0.800. The lowest BCUT2D eigenvalue weighted by atomic mass is 9.99. The normalized spacial score (nSPS) is 10.3. The molecule has 0 aromatic rings. The van der Waals surface area contributed by atoms with Crippen molar-refractivity contribution in [3.63, 3.8) is 0 Å². The molecule has 0 heterocycles. The van der Waals surface area contributed by atoms with Crippen LogP contribution in [0, 0.1) is 17.4 Å². The van der Waals surface area contributed by atoms with E-state index in [0.717, 1.165) is 13.1 Å². The van der Waals surface area contributed by atoms with Gasteiger partial charge in [0.25, 0.3) is 0 Å². The minimum absolute atomic E-state index is 0.128. The van der Waals surface area contributed by atoms with E-state index < -0.39 is 0 Å². The minimum atomic E-state index is 0.128. The van der Waals surface area contributed by atoms with Crippen molar-refractivity contribution < 1.29 is 0 Å². The Morgan fingerprint density at radius 3 is 1.82 bits per heavy atom. The minimum Gasteiger partial charge on any atom is -0.333 e. The predicted molar refractivity (Wildman–Crippen MR) is 50.2 cm³/mol. The highest BCUT2D eigenvalue weighted by molar-refractivity contribution is 5.06. The summed E-state index contributed by atoms with van der Waals surface area (Å²) in [4.78, 5) is 2.12. The van der Waals surface area contributed by atoms with E-state index in [2.05, 4.69) is 51.5 Å². The van der Waals surface area contributed by atoms with Gasteiger partial charge in [0.15, 0.2) is 0 Å². The second-order valence-electron chi connectivity index (χ2n) is 3.66. The molecule has 0 aliphatic heterocycles. The molecule has 11 heavy (non-hydrogen) atoms. The third kappa shape index (κ3) is 5.79. The lowest BCUT2D eigenvalue weighted by molar-refractivity contribution is 0.439. The van der Waals surface area contributed by atoms with Crippen LogP contribution >= 0.6 is 0 Å². The summed E-state index contributed by atoms with van der Waals surface area (Å²) in [5.41, 5.74) is 0.128. The summed E-state index contributed by atoms with van der Waals surface area (Å²) in [6.45, 7) is 12.7. The van der Waals surface area contributed by atoms with Gasteiger partial charge < -0.3 is 4.90 Å². The van der Waals surface area contributed by atoms with Gasteiger partial charge in [0.1, 0.15) is 0 Å². The Labute approximate surface area is 70.8 Å². The molecule has 1 heteroatoms. The molecular weight excluding hydrogens is 134 g/mol. The monoisotopic (exact) mass is 153 g/mol. The summed E-state index contributed by atoms with van der Waals surface area (Å²) in [5, 5.41) is 0. The van der Waals surface area contributed by atoms with Crippen LogP contribution in [0.15, 0.2) is 0 Å². The van der Waals surface area contributed by atoms with Gasteiger partial charge in [0, 0.05) is 24.5 Å². The molecule has 64 valence electrons. The highest BCUT2D eigenvalue weighted by Crippen LogP contribution is 2.09. The molecule has 0 unspecified atom stereocenters. The van der Waals surface area contributed by atoms with E-state index in [4.69, 9.17) is 0 Å². The fourth-order valence-electron chi connectivity index (χ4n) is 0.628. The van der Waals surface area contributed by atoms with Gasteiger partial charge >= 0.3 is 0 Å². The molecule has 0 aromatic heterocycles. The second-order valence-corrected chi connectivity index (χ2v) is 3.66. The Hall–Kier alpha value is -0.640. The van der Waals surface area contributed by atoms with Crippen LogP contribution in [0.1, 0.15) is 34.6 Å². The molecule has 0 saturated carbocycles. The summed E-state index contributed by atoms with van der Waals surface area (Å²) in [6, 6.07) is 3.14. The molecule has 0 saturated heterocycles. The van der Waals surface area contributed by atoms with Crippen LogP contribution in [0.4, 0.5) is 0 Å². The quantitative estimate of drug-likeness (QED) is 0.435. The van der Waals surface area contributed by atoms with Crippen molar-refractivity contribution in [1.82, 2.24) is 4.90 Å². The molecule has 0 radical (unpaired) electrons. The van der Waals surface area contributed by atoms with Crippen LogP contribution < -0.4 is 0 Å². The molecule has 0 amide bonds. The Balaban J connectivity index is 4.04. The van der Waals surface area contributed by atoms with Crippen LogP contribution in [-0.4, -0.2) is 18.0 Å². The average molecular weight is 153 g/mol. The zero-order valence-corrected chi connectivity index (χ0v) is 8.36. The van der Waals surface area contributed by atoms with Crippen molar-refractivity contribution in [3.05, 3.63) is 0 Å². The lowest BCUT2D eigenvalue weighted by Gasteiger charge is -2.13. The van der Waals surface area contributed by atoms with E-state index in [1.807, 2.05) is 0 Å². The van der Waals surface area contributed by atoms with Crippen molar-refractivity contribution in [2.24, 2.45) is 5.41 Å². The maximum atomic E-state index is 3.20. The maximum Gasteiger partial charge on any atom is 0.0248 e. The molecule has 0 aromatic carbocycles. The summed E-state index contributed by atoms with van der Waals surface area (Å²) >= 11 is 0. The third-order valence-corrected chi connectivity index (χ3v) is 1.35. The number of hydrogen-bond donors (Lipinski definition) is 0. The predicted octanol–water partition coefficient (Wildman–Crippen LogP) is 2.34. The molecule has 0 aliphatic rings. The third-order valence-electron chi connectivity index (χ3n) is 1.35. The van der Waals surface area contributed by atoms with Gasteiger partial charge in [-0.15, -0.1) is 0 Å². The number of rotatable bonds is 2. The first kappa shape index (κ1) is 10.4. The first-order valence-electron chi connectivity index (χ1n) is 4.27. The van der Waals surface area contributed by atoms with Gasteiger partial charge in [-0.25, -0.2) is 0 Å². The van der Waals surface area contributed by atoms with Crippen molar-refractivity contribution in [1.29, 1.82) is 0 Å². The zero-order valence-electron chi connectivity index (χ0n) is 8.36. The van der Waals surface area contributed by atoms with Crippen LogP contribution in [0.2, 0.25) is 0 Å². The van der Waals surface area contributed by atoms with Crippen LogP contribution in [0.25, 0.3) is 0 Å². The molecule has 1 nitrogen and oxygen atoms in total. The molecule has 0 spiro atoms. The summed E-state index contributed by atoms with van der Waals surface area (Å²) < 4.78 is 0. The smallest absolute Gasteiger partial charge is 0.0248 e. The lowest BCUT2D eigenvalue weighted by Crippen LogP contribution is -2.17. The van der Waals surface area contributed by atoms with Crippen molar-refractivity contribution in [2.45, 2.75) is 34.6 Å². The number of nitrogens with zero attached hydrogens (tertiary/aromatic N) is 1. The summed E-state index contributed by atoms with van der Waals surface area (Å²) in [5.74, 6) is 3.20. The number of hydrogen-bond acceptors (Lipinski definition) is 1. The van der Waals surface area contributed by atoms with E-state index in [1.54, 1.807) is 0 Å². The first-order valence-corrected chi connectivity index (χ1v) is 4.27. The van der Waals surface area contributed by atoms with E-state index in [-0.39, 0.29) is 5.41 Å². The highest BCUT2D eigenvalue weighted by Gasteiger charge is 2.03. The van der Waals surface area contributed by atoms with Gasteiger partial charge in [-0.05, 0) is 34.6 Å². The van der Waals surface area contributed by atoms with E-state index in [9.17, 15) is 0 Å². The van der Waals surface area contributed by atoms with Crippen molar-refractivity contribution in [2.75, 3.05) is 13.1 Å². The summed E-state index contributed by atoms with van der Waals surface area (Å²) in [6.07, 6.45) is 0. The van der Waals surface area contributed by atoms with E-state index in [1.165, 1.54) is 0 Å². The van der Waals surface area contributed by atoms with Crippen LogP contribution in [0.5, 0.6) is 0 Å². The summed E-state index contributed by atoms with van der Waals surface area (Å²) in [7, 11) is 0. The first-order chi connectivity index (χ1) is 4.99. The molecule has 0 atom stereocenters. The second kappa shape index (κ2) is 4.28. The van der Waals surface area contributed by atoms with Gasteiger partial charge in [-0.2, -0.15) is 0 Å². The molecule has 0 bridgehead atoms. The zero-order chi connectivity index (χ0) is 8.91. The van der Waals surface area contributed by atoms with Crippen LogP contribution in [-0.2, 0) is 0 Å². The topological polar surface area (TPSA) is 3.24 Å². The highest BCUT2D eigenvalue weighted by atomic mass is 15.1. The Morgan fingerprint density at radius 2 is 1.55 bits per heavy atom. The average Bonchev–Trinajstić information content (AvgIpc) is 1.88. The van der Waals surface area contributed by atoms with E-state index in [0.29, 0.717) is 0 Å². The Kier molecular flexibility index (Phi) is 4.03. The molecule has 0 N–H and O–H groups in total. The Bertz CT molecular complexity index is 150. The molecular formula is C10H19N. The SMILES string of the molecule is CCN(C#CC(C)(C)C)CC. The van der Waals surface area contributed by atoms with Gasteiger partial charge in [-0.3, -0.25) is 0 Å². The molecule has 0 fully saturated rings. The van der Waals surface area contributed by atoms with Crippen molar-refractivity contribution in [3.8, 4) is 12.0 Å². The van der Waals surface area contributed by atoms with Crippen LogP contribution in [0.3, 0.4) is 0 Å². The van der Waals surface area contributed by atoms with E-state index >= 15 is 0 Å². The van der Waals surface area contributed by atoms with Gasteiger partial charge in [0.05, 0.1) is 0 Å². The van der Waals surface area contributed by atoms with Gasteiger partial charge in [0.2, 0.25) is 0 Å². The Morgan fingerprint density at radius 1 is 1.09 bits per heavy atom. The van der Waals surface area contributed by atoms with Gasteiger partial charge in [-0.1, -0.05) is 5.92 Å². The maximum absolute atomic E-state index is 3.20. The molecule has 0 rings (SSSR count). The fourth-order valence-corrected chi connectivity index (χ4v) is 0.628. The largest absolute Gasteiger partial charge is 0.333 e. The molecule has 0 aliphatic carbocycles. The van der Waals surface area contributed by atoms with Crippen molar-refractivity contribution >= 4 is 0 Å². The standard InChI is InChI=1S/C10H19N/c1-6-11(7-2)9-8-10(3,4)5/h6-7H2,1-5H3.